The number of nitriles is 1. The van der Waals surface area contributed by atoms with E-state index in [0.717, 1.165) is 12.7 Å². The second kappa shape index (κ2) is 12.0. The molecular formula is C25H19FI2N2O3. The van der Waals surface area contributed by atoms with Crippen LogP contribution in [0.15, 0.2) is 66.2 Å². The molecule has 168 valence electrons. The van der Waals surface area contributed by atoms with Crippen LogP contribution in [0.2, 0.25) is 0 Å². The minimum Gasteiger partial charge on any atom is -0.490 e. The van der Waals surface area contributed by atoms with Gasteiger partial charge >= 0.3 is 0 Å². The molecular weight excluding hydrogens is 649 g/mol. The lowest BCUT2D eigenvalue weighted by Crippen LogP contribution is -2.14. The molecule has 0 aliphatic rings. The Kier molecular flexibility index (Phi) is 9.08. The first-order chi connectivity index (χ1) is 15.9. The minimum absolute atomic E-state index is 0.00702. The molecule has 0 aliphatic carbocycles. The van der Waals surface area contributed by atoms with Crippen molar-refractivity contribution in [1.29, 1.82) is 5.26 Å². The van der Waals surface area contributed by atoms with Crippen molar-refractivity contribution in [1.82, 2.24) is 0 Å². The average Bonchev–Trinajstić information content (AvgIpc) is 2.79. The van der Waals surface area contributed by atoms with Gasteiger partial charge in [-0.05, 0) is 106 Å². The summed E-state index contributed by atoms with van der Waals surface area (Å²) >= 11 is 4.38. The number of hydrogen-bond acceptors (Lipinski definition) is 4. The van der Waals surface area contributed by atoms with Gasteiger partial charge in [-0.2, -0.15) is 5.26 Å². The number of para-hydroxylation sites is 1. The smallest absolute Gasteiger partial charge is 0.266 e. The fourth-order valence-corrected chi connectivity index (χ4v) is 4.02. The lowest BCUT2D eigenvalue weighted by molar-refractivity contribution is -0.112. The molecule has 0 aromatic heterocycles. The lowest BCUT2D eigenvalue weighted by Gasteiger charge is -2.15. The summed E-state index contributed by atoms with van der Waals surface area (Å²) in [7, 11) is 0. The Morgan fingerprint density at radius 3 is 2.52 bits per heavy atom. The first-order valence-corrected chi connectivity index (χ1v) is 12.1. The molecule has 3 aromatic carbocycles. The molecule has 0 radical (unpaired) electrons. The quantitative estimate of drug-likeness (QED) is 0.168. The Morgan fingerprint density at radius 2 is 1.85 bits per heavy atom. The minimum atomic E-state index is -0.699. The molecule has 5 nitrogen and oxygen atoms in total. The van der Waals surface area contributed by atoms with Crippen molar-refractivity contribution in [2.75, 3.05) is 11.9 Å². The van der Waals surface area contributed by atoms with E-state index in [2.05, 4.69) is 50.5 Å². The summed E-state index contributed by atoms with van der Waals surface area (Å²) in [6.07, 6.45) is 1.43. The molecule has 0 bridgehead atoms. The van der Waals surface area contributed by atoms with E-state index in [4.69, 9.17) is 9.47 Å². The third-order valence-electron chi connectivity index (χ3n) is 4.43. The zero-order chi connectivity index (χ0) is 23.8. The van der Waals surface area contributed by atoms with Crippen LogP contribution in [0.4, 0.5) is 10.1 Å². The molecule has 0 saturated carbocycles. The number of amides is 1. The molecule has 0 aliphatic heterocycles. The van der Waals surface area contributed by atoms with Crippen molar-refractivity contribution >= 4 is 62.9 Å². The number of nitrogens with one attached hydrogen (secondary N) is 1. The Labute approximate surface area is 218 Å². The Balaban J connectivity index is 1.85. The molecule has 1 amide bonds. The van der Waals surface area contributed by atoms with Crippen LogP contribution in [-0.2, 0) is 11.4 Å². The Morgan fingerprint density at radius 1 is 1.12 bits per heavy atom. The summed E-state index contributed by atoms with van der Waals surface area (Å²) in [6.45, 7) is 2.65. The summed E-state index contributed by atoms with van der Waals surface area (Å²) in [5, 5.41) is 11.9. The van der Waals surface area contributed by atoms with E-state index >= 15 is 0 Å². The maximum atomic E-state index is 13.8. The van der Waals surface area contributed by atoms with Crippen LogP contribution in [0.1, 0.15) is 18.1 Å². The van der Waals surface area contributed by atoms with Crippen LogP contribution in [0, 0.1) is 24.3 Å². The van der Waals surface area contributed by atoms with Gasteiger partial charge in [0.15, 0.2) is 11.5 Å². The highest BCUT2D eigenvalue weighted by Gasteiger charge is 2.15. The summed E-state index contributed by atoms with van der Waals surface area (Å²) < 4.78 is 27.5. The normalized spacial score (nSPS) is 10.9. The van der Waals surface area contributed by atoms with Crippen LogP contribution in [-0.4, -0.2) is 12.5 Å². The number of halogens is 3. The zero-order valence-electron chi connectivity index (χ0n) is 17.6. The molecule has 0 fully saturated rings. The first-order valence-electron chi connectivity index (χ1n) is 9.92. The predicted octanol–water partition coefficient (Wildman–Crippen LogP) is 6.56. The maximum absolute atomic E-state index is 13.8. The third kappa shape index (κ3) is 6.91. The molecule has 3 rings (SSSR count). The van der Waals surface area contributed by atoms with Gasteiger partial charge in [0.2, 0.25) is 0 Å². The van der Waals surface area contributed by atoms with Gasteiger partial charge in [-0.3, -0.25) is 4.79 Å². The Hall–Kier alpha value is -2.65. The highest BCUT2D eigenvalue weighted by molar-refractivity contribution is 14.1. The van der Waals surface area contributed by atoms with E-state index in [-0.39, 0.29) is 11.3 Å². The largest absolute Gasteiger partial charge is 0.490 e. The number of ether oxygens (including phenoxy) is 2. The van der Waals surface area contributed by atoms with Crippen molar-refractivity contribution in [2.24, 2.45) is 0 Å². The van der Waals surface area contributed by atoms with Crippen LogP contribution >= 0.6 is 45.2 Å². The molecule has 0 spiro atoms. The standard InChI is InChI=1S/C25H19FI2N2O3/c1-2-32-23-13-17(11-18(14-29)25(31)30-22-6-4-3-5-20(22)26)12-21(28)24(23)33-15-16-7-9-19(27)10-8-16/h3-13H,2,15H2,1H3,(H,30,31)/b18-11-. The van der Waals surface area contributed by atoms with Crippen molar-refractivity contribution in [3.8, 4) is 17.6 Å². The molecule has 33 heavy (non-hydrogen) atoms. The molecule has 8 heteroatoms. The van der Waals surface area contributed by atoms with E-state index in [0.29, 0.717) is 30.3 Å². The zero-order valence-corrected chi connectivity index (χ0v) is 21.9. The number of rotatable bonds is 8. The van der Waals surface area contributed by atoms with Gasteiger partial charge < -0.3 is 14.8 Å². The van der Waals surface area contributed by atoms with Crippen LogP contribution in [0.25, 0.3) is 6.08 Å². The first kappa shape index (κ1) is 25.0. The lowest BCUT2D eigenvalue weighted by atomic mass is 10.1. The van der Waals surface area contributed by atoms with Gasteiger partial charge in [0.05, 0.1) is 15.9 Å². The molecule has 0 saturated heterocycles. The number of carbonyl (C=O) groups is 1. The van der Waals surface area contributed by atoms with E-state index in [1.165, 1.54) is 24.3 Å². The highest BCUT2D eigenvalue weighted by atomic mass is 127. The van der Waals surface area contributed by atoms with Gasteiger partial charge in [-0.1, -0.05) is 24.3 Å². The predicted molar refractivity (Wildman–Crippen MR) is 142 cm³/mol. The Bertz CT molecular complexity index is 1220. The van der Waals surface area contributed by atoms with E-state index in [9.17, 15) is 14.4 Å². The second-order valence-corrected chi connectivity index (χ2v) is 9.19. The van der Waals surface area contributed by atoms with Crippen LogP contribution in [0.3, 0.4) is 0 Å². The summed E-state index contributed by atoms with van der Waals surface area (Å²) in [4.78, 5) is 12.5. The van der Waals surface area contributed by atoms with Crippen LogP contribution < -0.4 is 14.8 Å². The van der Waals surface area contributed by atoms with Crippen molar-refractivity contribution in [2.45, 2.75) is 13.5 Å². The highest BCUT2D eigenvalue weighted by Crippen LogP contribution is 2.35. The van der Waals surface area contributed by atoms with Gasteiger partial charge in [-0.15, -0.1) is 0 Å². The average molecular weight is 668 g/mol. The van der Waals surface area contributed by atoms with E-state index in [1.54, 1.807) is 18.2 Å². The van der Waals surface area contributed by atoms with Gasteiger partial charge in [0.25, 0.3) is 5.91 Å². The summed E-state index contributed by atoms with van der Waals surface area (Å²) in [5.41, 5.74) is 1.45. The summed E-state index contributed by atoms with van der Waals surface area (Å²) in [5.74, 6) is -0.184. The number of hydrogen-bond donors (Lipinski definition) is 1. The SMILES string of the molecule is CCOc1cc(/C=C(/C#N)C(=O)Nc2ccccc2F)cc(I)c1OCc1ccc(I)cc1. The molecule has 1 N–H and O–H groups in total. The maximum Gasteiger partial charge on any atom is 0.266 e. The monoisotopic (exact) mass is 668 g/mol. The summed E-state index contributed by atoms with van der Waals surface area (Å²) in [6, 6.07) is 19.2. The van der Waals surface area contributed by atoms with Crippen molar-refractivity contribution in [3.63, 3.8) is 0 Å². The van der Waals surface area contributed by atoms with Crippen molar-refractivity contribution < 1.29 is 18.7 Å². The van der Waals surface area contributed by atoms with Crippen molar-refractivity contribution in [3.05, 3.63) is 90.3 Å². The van der Waals surface area contributed by atoms with E-state index < -0.39 is 11.7 Å². The number of nitrogens with zero attached hydrogens (tertiary/aromatic N) is 1. The topological polar surface area (TPSA) is 71.3 Å². The number of benzene rings is 3. The van der Waals surface area contributed by atoms with E-state index in [1.807, 2.05) is 37.3 Å². The molecule has 0 atom stereocenters. The molecule has 0 unspecified atom stereocenters. The fraction of sp³-hybridized carbons (Fsp3) is 0.120. The molecule has 3 aromatic rings. The second-order valence-electron chi connectivity index (χ2n) is 6.78. The molecule has 0 heterocycles. The van der Waals surface area contributed by atoms with Gasteiger partial charge in [0.1, 0.15) is 24.1 Å². The fourth-order valence-electron chi connectivity index (χ4n) is 2.88. The third-order valence-corrected chi connectivity index (χ3v) is 5.95. The van der Waals surface area contributed by atoms with Crippen LogP contribution in [0.5, 0.6) is 11.5 Å². The van der Waals surface area contributed by atoms with Gasteiger partial charge in [0, 0.05) is 3.57 Å². The van der Waals surface area contributed by atoms with Gasteiger partial charge in [-0.25, -0.2) is 4.39 Å². The number of anilines is 1. The number of carbonyl (C=O) groups excluding carboxylic acids is 1.